The molecule has 3 aromatic rings. The lowest BCUT2D eigenvalue weighted by molar-refractivity contribution is -0.138. The van der Waals surface area contributed by atoms with E-state index in [0.717, 1.165) is 27.8 Å². The first kappa shape index (κ1) is 25.8. The van der Waals surface area contributed by atoms with Gasteiger partial charge in [-0.3, -0.25) is 29.3 Å². The van der Waals surface area contributed by atoms with Crippen molar-refractivity contribution in [1.29, 1.82) is 0 Å². The number of hydrogen-bond donors (Lipinski definition) is 3. The maximum absolute atomic E-state index is 13.4. The molecule has 184 valence electrons. The van der Waals surface area contributed by atoms with Gasteiger partial charge in [-0.05, 0) is 74.6 Å². The van der Waals surface area contributed by atoms with Crippen LogP contribution < -0.4 is 16.2 Å². The number of nitrogens with zero attached hydrogens (tertiary/aromatic N) is 2. The highest BCUT2D eigenvalue weighted by molar-refractivity contribution is 5.81. The van der Waals surface area contributed by atoms with Gasteiger partial charge in [0.15, 0.2) is 6.17 Å². The number of carboxylic acids is 1. The molecular formula is C27H32N4O4. The van der Waals surface area contributed by atoms with Crippen LogP contribution in [0.3, 0.4) is 0 Å². The highest BCUT2D eigenvalue weighted by atomic mass is 16.4. The zero-order valence-corrected chi connectivity index (χ0v) is 20.7. The Hall–Kier alpha value is -3.78. The van der Waals surface area contributed by atoms with Crippen molar-refractivity contribution in [3.8, 4) is 11.1 Å². The summed E-state index contributed by atoms with van der Waals surface area (Å²) < 4.78 is 1.31. The molecule has 8 heteroatoms. The largest absolute Gasteiger partial charge is 0.481 e. The number of benzene rings is 1. The summed E-state index contributed by atoms with van der Waals surface area (Å²) in [5.41, 5.74) is 5.04. The van der Waals surface area contributed by atoms with Gasteiger partial charge in [0.25, 0.3) is 11.5 Å². The molecule has 2 atom stereocenters. The minimum atomic E-state index is -1.06. The number of aryl methyl sites for hydroxylation is 3. The van der Waals surface area contributed by atoms with E-state index in [1.807, 2.05) is 52.0 Å². The summed E-state index contributed by atoms with van der Waals surface area (Å²) in [5.74, 6) is -1.57. The predicted octanol–water partition coefficient (Wildman–Crippen LogP) is 3.66. The van der Waals surface area contributed by atoms with Crippen molar-refractivity contribution in [1.82, 2.24) is 20.2 Å². The van der Waals surface area contributed by atoms with E-state index in [0.29, 0.717) is 5.56 Å². The molecular weight excluding hydrogens is 444 g/mol. The van der Waals surface area contributed by atoms with Crippen LogP contribution in [0, 0.1) is 20.8 Å². The van der Waals surface area contributed by atoms with Gasteiger partial charge in [-0.2, -0.15) is 0 Å². The molecule has 0 aliphatic carbocycles. The van der Waals surface area contributed by atoms with Crippen molar-refractivity contribution < 1.29 is 14.7 Å². The molecule has 0 aliphatic rings. The van der Waals surface area contributed by atoms with Crippen molar-refractivity contribution in [2.24, 2.45) is 0 Å². The van der Waals surface area contributed by atoms with E-state index in [1.165, 1.54) is 10.6 Å². The second kappa shape index (κ2) is 11.1. The fraction of sp³-hybridized carbons (Fsp3) is 0.333. The third-order valence-corrected chi connectivity index (χ3v) is 5.75. The van der Waals surface area contributed by atoms with Crippen LogP contribution in [-0.4, -0.2) is 32.6 Å². The minimum absolute atomic E-state index is 0.106. The number of aromatic nitrogens is 2. The second-order valence-corrected chi connectivity index (χ2v) is 9.11. The SMILES string of the molecule is Cc1ccn([C@@H](NC(C)C)C(=O)N[C@@H](CC(=O)O)c2cncc(-c3c(C)cccc3C)c2)c(=O)c1. The molecule has 2 heterocycles. The molecule has 3 N–H and O–H groups in total. The number of amides is 1. The molecule has 0 aliphatic heterocycles. The zero-order valence-electron chi connectivity index (χ0n) is 20.7. The van der Waals surface area contributed by atoms with Crippen molar-refractivity contribution in [2.75, 3.05) is 0 Å². The summed E-state index contributed by atoms with van der Waals surface area (Å²) in [6, 6.07) is 10.1. The monoisotopic (exact) mass is 476 g/mol. The third-order valence-electron chi connectivity index (χ3n) is 5.75. The topological polar surface area (TPSA) is 113 Å². The Morgan fingerprint density at radius 1 is 1.06 bits per heavy atom. The van der Waals surface area contributed by atoms with E-state index in [-0.39, 0.29) is 18.0 Å². The summed E-state index contributed by atoms with van der Waals surface area (Å²) in [6.45, 7) is 9.55. The average Bonchev–Trinajstić information content (AvgIpc) is 2.77. The molecule has 0 saturated carbocycles. The van der Waals surface area contributed by atoms with E-state index < -0.39 is 24.1 Å². The molecule has 35 heavy (non-hydrogen) atoms. The van der Waals surface area contributed by atoms with Crippen molar-refractivity contribution in [2.45, 2.75) is 59.3 Å². The predicted molar refractivity (Wildman–Crippen MR) is 135 cm³/mol. The van der Waals surface area contributed by atoms with E-state index in [2.05, 4.69) is 15.6 Å². The van der Waals surface area contributed by atoms with E-state index in [4.69, 9.17) is 0 Å². The highest BCUT2D eigenvalue weighted by Crippen LogP contribution is 2.29. The van der Waals surface area contributed by atoms with Crippen molar-refractivity contribution in [3.05, 3.63) is 87.6 Å². The van der Waals surface area contributed by atoms with E-state index >= 15 is 0 Å². The molecule has 1 amide bonds. The van der Waals surface area contributed by atoms with Crippen LogP contribution in [0.5, 0.6) is 0 Å². The van der Waals surface area contributed by atoms with E-state index in [9.17, 15) is 19.5 Å². The number of carbonyl (C=O) groups is 2. The van der Waals surface area contributed by atoms with Crippen LogP contribution >= 0.6 is 0 Å². The lowest BCUT2D eigenvalue weighted by Gasteiger charge is -2.26. The fourth-order valence-electron chi connectivity index (χ4n) is 4.13. The van der Waals surface area contributed by atoms with Gasteiger partial charge in [0.05, 0.1) is 12.5 Å². The first-order chi connectivity index (χ1) is 16.6. The standard InChI is InChI=1S/C27H32N4O4/c1-16(2)29-26(31-10-9-17(3)11-23(31)32)27(35)30-22(13-24(33)34)20-12-21(15-28-14-20)25-18(4)7-6-8-19(25)5/h6-12,14-16,22,26,29H,13H2,1-5H3,(H,30,35)(H,33,34)/t22-,26+/m0/s1. The lowest BCUT2D eigenvalue weighted by Crippen LogP contribution is -2.47. The van der Waals surface area contributed by atoms with Gasteiger partial charge in [-0.15, -0.1) is 0 Å². The summed E-state index contributed by atoms with van der Waals surface area (Å²) >= 11 is 0. The van der Waals surface area contributed by atoms with Gasteiger partial charge in [0.1, 0.15) is 0 Å². The third kappa shape index (κ3) is 6.42. The minimum Gasteiger partial charge on any atom is -0.481 e. The van der Waals surface area contributed by atoms with Gasteiger partial charge in [-0.1, -0.05) is 18.2 Å². The van der Waals surface area contributed by atoms with Gasteiger partial charge in [0.2, 0.25) is 0 Å². The Morgan fingerprint density at radius 3 is 2.34 bits per heavy atom. The van der Waals surface area contributed by atoms with E-state index in [1.54, 1.807) is 31.6 Å². The first-order valence-electron chi connectivity index (χ1n) is 11.6. The van der Waals surface area contributed by atoms with Crippen molar-refractivity contribution >= 4 is 11.9 Å². The van der Waals surface area contributed by atoms with Gasteiger partial charge < -0.3 is 10.4 Å². The Kier molecular flexibility index (Phi) is 8.19. The number of nitrogens with one attached hydrogen (secondary N) is 2. The summed E-state index contributed by atoms with van der Waals surface area (Å²) in [6.07, 6.45) is 3.52. The number of rotatable bonds is 9. The summed E-state index contributed by atoms with van der Waals surface area (Å²) in [7, 11) is 0. The van der Waals surface area contributed by atoms with Gasteiger partial charge in [0, 0.05) is 36.3 Å². The molecule has 0 fully saturated rings. The molecule has 0 bridgehead atoms. The maximum Gasteiger partial charge on any atom is 0.305 e. The Morgan fingerprint density at radius 2 is 1.74 bits per heavy atom. The molecule has 3 rings (SSSR count). The lowest BCUT2D eigenvalue weighted by atomic mass is 9.94. The van der Waals surface area contributed by atoms with Gasteiger partial charge >= 0.3 is 5.97 Å². The molecule has 8 nitrogen and oxygen atoms in total. The molecule has 0 spiro atoms. The summed E-state index contributed by atoms with van der Waals surface area (Å²) in [4.78, 5) is 42.0. The molecule has 0 saturated heterocycles. The van der Waals surface area contributed by atoms with Crippen LogP contribution in [0.25, 0.3) is 11.1 Å². The van der Waals surface area contributed by atoms with Crippen LogP contribution in [0.15, 0.2) is 59.8 Å². The van der Waals surface area contributed by atoms with Crippen molar-refractivity contribution in [3.63, 3.8) is 0 Å². The number of hydrogen-bond acceptors (Lipinski definition) is 5. The smallest absolute Gasteiger partial charge is 0.305 e. The Labute approximate surface area is 205 Å². The fourth-order valence-corrected chi connectivity index (χ4v) is 4.13. The van der Waals surface area contributed by atoms with Crippen LogP contribution in [0.2, 0.25) is 0 Å². The number of carbonyl (C=O) groups excluding carboxylic acids is 1. The average molecular weight is 477 g/mol. The zero-order chi connectivity index (χ0) is 25.7. The van der Waals surface area contributed by atoms with Crippen LogP contribution in [-0.2, 0) is 9.59 Å². The van der Waals surface area contributed by atoms with Gasteiger partial charge in [-0.25, -0.2) is 0 Å². The Balaban J connectivity index is 1.98. The molecule has 0 radical (unpaired) electrons. The highest BCUT2D eigenvalue weighted by Gasteiger charge is 2.27. The summed E-state index contributed by atoms with van der Waals surface area (Å²) in [5, 5.41) is 15.5. The number of carboxylic acid groups (broad SMARTS) is 1. The molecule has 2 aromatic heterocycles. The second-order valence-electron chi connectivity index (χ2n) is 9.11. The molecule has 1 aromatic carbocycles. The Bertz CT molecular complexity index is 1260. The quantitative estimate of drug-likeness (QED) is 0.434. The van der Waals surface area contributed by atoms with Crippen LogP contribution in [0.4, 0.5) is 0 Å². The number of pyridine rings is 2. The molecule has 0 unspecified atom stereocenters. The first-order valence-corrected chi connectivity index (χ1v) is 11.6. The normalized spacial score (nSPS) is 12.9. The maximum atomic E-state index is 13.4. The number of aliphatic carboxylic acids is 1. The van der Waals surface area contributed by atoms with Crippen LogP contribution in [0.1, 0.15) is 54.7 Å².